The fraction of sp³-hybridized carbons (Fsp3) is 0.389. The Balaban J connectivity index is 1.59. The molecule has 1 fully saturated rings. The molecule has 0 radical (unpaired) electrons. The Hall–Kier alpha value is -2.55. The number of hydrogen-bond acceptors (Lipinski definition) is 7. The Bertz CT molecular complexity index is 1020. The second-order valence-corrected chi connectivity index (χ2v) is 9.13. The summed E-state index contributed by atoms with van der Waals surface area (Å²) >= 11 is 0. The Labute approximate surface area is 156 Å². The number of ether oxygens (including phenoxy) is 1. The van der Waals surface area contributed by atoms with Gasteiger partial charge in [0.15, 0.2) is 21.4 Å². The zero-order valence-electron chi connectivity index (χ0n) is 15.0. The highest BCUT2D eigenvalue weighted by molar-refractivity contribution is 7.91. The minimum Gasteiger partial charge on any atom is -0.488 e. The number of halogens is 1. The molecule has 1 saturated heterocycles. The summed E-state index contributed by atoms with van der Waals surface area (Å²) < 4.78 is 42.8. The number of nitrogens with zero attached hydrogens (tertiary/aromatic N) is 4. The summed E-state index contributed by atoms with van der Waals surface area (Å²) in [4.78, 5) is 14.8. The van der Waals surface area contributed by atoms with E-state index in [1.807, 2.05) is 18.7 Å². The van der Waals surface area contributed by atoms with Crippen molar-refractivity contribution in [2.75, 3.05) is 29.5 Å². The van der Waals surface area contributed by atoms with Crippen LogP contribution >= 0.6 is 0 Å². The van der Waals surface area contributed by atoms with Gasteiger partial charge in [-0.3, -0.25) is 0 Å². The number of sulfone groups is 1. The maximum Gasteiger partial charge on any atom is 0.167 e. The average Bonchev–Trinajstić information content (AvgIpc) is 2.60. The quantitative estimate of drug-likeness (QED) is 0.678. The molecule has 2 aliphatic rings. The number of hydrogen-bond donors (Lipinski definition) is 0. The van der Waals surface area contributed by atoms with Crippen LogP contribution in [0.25, 0.3) is 0 Å². The Morgan fingerprint density at radius 1 is 1.15 bits per heavy atom. The molecular weight excluding hydrogens is 371 g/mol. The predicted octanol–water partition coefficient (Wildman–Crippen LogP) is 2.12. The third-order valence-electron chi connectivity index (χ3n) is 4.46. The Morgan fingerprint density at radius 3 is 2.59 bits per heavy atom. The summed E-state index contributed by atoms with van der Waals surface area (Å²) in [5.41, 5.74) is 2.59. The number of aliphatic imine (C=N–C) groups is 1. The lowest BCUT2D eigenvalue weighted by atomic mass is 9.98. The molecule has 3 heterocycles. The molecule has 2 aliphatic heterocycles. The molecule has 0 saturated carbocycles. The van der Waals surface area contributed by atoms with Crippen LogP contribution in [-0.2, 0) is 9.84 Å². The molecule has 0 N–H and O–H groups in total. The highest BCUT2D eigenvalue weighted by Gasteiger charge is 2.27. The fourth-order valence-corrected chi connectivity index (χ4v) is 4.28. The van der Waals surface area contributed by atoms with Crippen molar-refractivity contribution in [1.29, 1.82) is 0 Å². The number of aromatic nitrogens is 2. The van der Waals surface area contributed by atoms with Crippen molar-refractivity contribution in [3.8, 4) is 5.75 Å². The van der Waals surface area contributed by atoms with Crippen LogP contribution in [0.15, 0.2) is 29.5 Å². The van der Waals surface area contributed by atoms with Crippen molar-refractivity contribution in [3.63, 3.8) is 0 Å². The molecular formula is C18H19FN4O3S. The summed E-state index contributed by atoms with van der Waals surface area (Å²) in [6.45, 7) is 4.48. The minimum absolute atomic E-state index is 0.116. The van der Waals surface area contributed by atoms with E-state index in [-0.39, 0.29) is 23.4 Å². The summed E-state index contributed by atoms with van der Waals surface area (Å²) in [6.07, 6.45) is 1.29. The first kappa shape index (κ1) is 17.8. The van der Waals surface area contributed by atoms with Gasteiger partial charge in [0.05, 0.1) is 34.7 Å². The van der Waals surface area contributed by atoms with Gasteiger partial charge in [-0.1, -0.05) is 0 Å². The molecule has 7 nitrogen and oxygen atoms in total. The summed E-state index contributed by atoms with van der Waals surface area (Å²) in [7, 11) is -2.96. The fourth-order valence-electron chi connectivity index (χ4n) is 3.08. The van der Waals surface area contributed by atoms with Crippen molar-refractivity contribution < 1.29 is 17.5 Å². The van der Waals surface area contributed by atoms with Crippen LogP contribution in [0.4, 0.5) is 15.9 Å². The van der Waals surface area contributed by atoms with Crippen LogP contribution in [-0.4, -0.2) is 54.8 Å². The molecule has 0 bridgehead atoms. The molecule has 0 spiro atoms. The van der Waals surface area contributed by atoms with E-state index in [2.05, 4.69) is 15.0 Å². The Kier molecular flexibility index (Phi) is 4.33. The normalized spacial score (nSPS) is 17.9. The molecule has 0 unspecified atom stereocenters. The SMILES string of the molecule is CC(C)Oc1cc2c(cc1F)N=C2c1cc(N2CCS(=O)(=O)CC2)ncn1. The highest BCUT2D eigenvalue weighted by Crippen LogP contribution is 2.37. The van der Waals surface area contributed by atoms with Gasteiger partial charge in [-0.25, -0.2) is 27.8 Å². The Morgan fingerprint density at radius 2 is 1.89 bits per heavy atom. The predicted molar refractivity (Wildman–Crippen MR) is 100 cm³/mol. The maximum absolute atomic E-state index is 14.0. The second-order valence-electron chi connectivity index (χ2n) is 6.83. The minimum atomic E-state index is -2.96. The zero-order valence-corrected chi connectivity index (χ0v) is 15.8. The smallest absolute Gasteiger partial charge is 0.167 e. The lowest BCUT2D eigenvalue weighted by Crippen LogP contribution is -2.40. The van der Waals surface area contributed by atoms with Crippen LogP contribution in [0.3, 0.4) is 0 Å². The molecule has 0 atom stereocenters. The number of fused-ring (bicyclic) bond motifs is 1. The third kappa shape index (κ3) is 3.51. The second kappa shape index (κ2) is 6.56. The first-order valence-corrected chi connectivity index (χ1v) is 10.5. The van der Waals surface area contributed by atoms with E-state index in [0.29, 0.717) is 36.0 Å². The number of anilines is 1. The molecule has 142 valence electrons. The lowest BCUT2D eigenvalue weighted by molar-refractivity contribution is 0.231. The number of benzene rings is 1. The lowest BCUT2D eigenvalue weighted by Gasteiger charge is -2.28. The van der Waals surface area contributed by atoms with E-state index >= 15 is 0 Å². The molecule has 2 aromatic rings. The van der Waals surface area contributed by atoms with E-state index in [9.17, 15) is 12.8 Å². The van der Waals surface area contributed by atoms with Gasteiger partial charge in [0.2, 0.25) is 0 Å². The molecule has 27 heavy (non-hydrogen) atoms. The summed E-state index contributed by atoms with van der Waals surface area (Å²) in [6, 6.07) is 4.78. The molecule has 1 aromatic carbocycles. The molecule has 1 aromatic heterocycles. The summed E-state index contributed by atoms with van der Waals surface area (Å²) in [5, 5.41) is 0. The van der Waals surface area contributed by atoms with Crippen LogP contribution in [0, 0.1) is 5.82 Å². The first-order chi connectivity index (χ1) is 12.8. The standard InChI is InChI=1S/C18H19FN4O3S/c1-11(2)26-16-7-12-14(8-13(16)19)22-18(12)15-9-17(21-10-20-15)23-3-5-27(24,25)6-4-23/h7-11H,3-6H2,1-2H3. The van der Waals surface area contributed by atoms with E-state index in [0.717, 1.165) is 5.56 Å². The van der Waals surface area contributed by atoms with Gasteiger partial charge in [-0.15, -0.1) is 0 Å². The zero-order chi connectivity index (χ0) is 19.2. The third-order valence-corrected chi connectivity index (χ3v) is 6.07. The van der Waals surface area contributed by atoms with Crippen LogP contribution in [0.5, 0.6) is 5.75 Å². The first-order valence-electron chi connectivity index (χ1n) is 8.69. The van der Waals surface area contributed by atoms with Gasteiger partial charge in [-0.05, 0) is 19.9 Å². The molecule has 9 heteroatoms. The monoisotopic (exact) mass is 390 g/mol. The van der Waals surface area contributed by atoms with Gasteiger partial charge in [0, 0.05) is 30.8 Å². The van der Waals surface area contributed by atoms with Gasteiger partial charge in [0.1, 0.15) is 12.1 Å². The largest absolute Gasteiger partial charge is 0.488 e. The molecule has 4 rings (SSSR count). The highest BCUT2D eigenvalue weighted by atomic mass is 32.2. The van der Waals surface area contributed by atoms with Crippen molar-refractivity contribution in [1.82, 2.24) is 9.97 Å². The van der Waals surface area contributed by atoms with Crippen molar-refractivity contribution in [3.05, 3.63) is 41.6 Å². The van der Waals surface area contributed by atoms with Crippen LogP contribution < -0.4 is 9.64 Å². The van der Waals surface area contributed by atoms with E-state index in [1.165, 1.54) is 12.4 Å². The number of rotatable bonds is 4. The van der Waals surface area contributed by atoms with Crippen molar-refractivity contribution in [2.45, 2.75) is 20.0 Å². The van der Waals surface area contributed by atoms with E-state index in [4.69, 9.17) is 4.74 Å². The topological polar surface area (TPSA) is 84.8 Å². The van der Waals surface area contributed by atoms with Crippen LogP contribution in [0.1, 0.15) is 25.1 Å². The van der Waals surface area contributed by atoms with Crippen molar-refractivity contribution >= 4 is 27.1 Å². The molecule has 0 aliphatic carbocycles. The van der Waals surface area contributed by atoms with E-state index in [1.54, 1.807) is 12.1 Å². The van der Waals surface area contributed by atoms with Crippen molar-refractivity contribution in [2.24, 2.45) is 4.99 Å². The van der Waals surface area contributed by atoms with Gasteiger partial charge >= 0.3 is 0 Å². The van der Waals surface area contributed by atoms with Crippen LogP contribution in [0.2, 0.25) is 0 Å². The maximum atomic E-state index is 14.0. The summed E-state index contributed by atoms with van der Waals surface area (Å²) in [5.74, 6) is 0.637. The van der Waals surface area contributed by atoms with Gasteiger partial charge in [-0.2, -0.15) is 0 Å². The van der Waals surface area contributed by atoms with Gasteiger partial charge in [0.25, 0.3) is 0 Å². The van der Waals surface area contributed by atoms with E-state index < -0.39 is 15.7 Å². The average molecular weight is 390 g/mol. The molecule has 0 amide bonds. The van der Waals surface area contributed by atoms with Gasteiger partial charge < -0.3 is 9.64 Å².